The van der Waals surface area contributed by atoms with E-state index in [0.717, 1.165) is 0 Å². The van der Waals surface area contributed by atoms with Crippen LogP contribution in [0.15, 0.2) is 0 Å². The first-order valence-corrected chi connectivity index (χ1v) is 6.35. The molecule has 1 heterocycles. The lowest BCUT2D eigenvalue weighted by Gasteiger charge is -2.19. The molecule has 0 atom stereocenters. The predicted molar refractivity (Wildman–Crippen MR) is 49.4 cm³/mol. The third kappa shape index (κ3) is 3.26. The third-order valence-corrected chi connectivity index (χ3v) is 3.94. The van der Waals surface area contributed by atoms with Gasteiger partial charge in [-0.25, -0.2) is 8.42 Å². The van der Waals surface area contributed by atoms with Crippen LogP contribution in [-0.2, 0) is 19.4 Å². The fourth-order valence-corrected chi connectivity index (χ4v) is 2.88. The number of hydrogen-bond acceptors (Lipinski definition) is 5. The highest BCUT2D eigenvalue weighted by atomic mass is 32.2. The molecule has 0 unspecified atom stereocenters. The molecular weight excluding hydrogens is 208 g/mol. The number of carbonyl (C=O) groups is 1. The van der Waals surface area contributed by atoms with E-state index in [-0.39, 0.29) is 30.6 Å². The van der Waals surface area contributed by atoms with Crippen LogP contribution in [0.3, 0.4) is 0 Å². The van der Waals surface area contributed by atoms with E-state index in [4.69, 9.17) is 9.84 Å². The zero-order valence-electron chi connectivity index (χ0n) is 7.81. The van der Waals surface area contributed by atoms with Gasteiger partial charge in [0, 0.05) is 0 Å². The monoisotopic (exact) mass is 222 g/mol. The Labute approximate surface area is 83.0 Å². The van der Waals surface area contributed by atoms with Crippen LogP contribution in [0, 0.1) is 5.92 Å². The quantitative estimate of drug-likeness (QED) is 0.642. The first-order chi connectivity index (χ1) is 6.55. The fraction of sp³-hybridized carbons (Fsp3) is 0.875. The molecule has 0 aromatic rings. The molecule has 1 N–H and O–H groups in total. The Bertz CT molecular complexity index is 281. The number of sulfone groups is 1. The minimum atomic E-state index is -2.93. The van der Waals surface area contributed by atoms with Crippen molar-refractivity contribution in [1.29, 1.82) is 0 Å². The Morgan fingerprint density at radius 2 is 1.93 bits per heavy atom. The van der Waals surface area contributed by atoms with E-state index >= 15 is 0 Å². The number of carbonyl (C=O) groups excluding carboxylic acids is 1. The average Bonchev–Trinajstić information content (AvgIpc) is 2.14. The predicted octanol–water partition coefficient (Wildman–Crippen LogP) is -0.653. The highest BCUT2D eigenvalue weighted by Crippen LogP contribution is 2.19. The van der Waals surface area contributed by atoms with Gasteiger partial charge in [-0.3, -0.25) is 4.79 Å². The first-order valence-electron chi connectivity index (χ1n) is 4.53. The Balaban J connectivity index is 2.38. The molecule has 6 heteroatoms. The van der Waals surface area contributed by atoms with Gasteiger partial charge in [0.15, 0.2) is 0 Å². The van der Waals surface area contributed by atoms with E-state index in [1.165, 1.54) is 0 Å². The molecule has 14 heavy (non-hydrogen) atoms. The molecule has 1 rings (SSSR count). The van der Waals surface area contributed by atoms with Crippen molar-refractivity contribution in [3.05, 3.63) is 0 Å². The molecule has 0 aliphatic carbocycles. The van der Waals surface area contributed by atoms with Gasteiger partial charge < -0.3 is 9.84 Å². The highest BCUT2D eigenvalue weighted by Gasteiger charge is 2.29. The third-order valence-electron chi connectivity index (χ3n) is 2.22. The minimum Gasteiger partial charge on any atom is -0.463 e. The zero-order chi connectivity index (χ0) is 10.6. The molecule has 1 aliphatic heterocycles. The molecule has 0 spiro atoms. The van der Waals surface area contributed by atoms with Crippen LogP contribution in [0.2, 0.25) is 0 Å². The second-order valence-electron chi connectivity index (χ2n) is 3.32. The van der Waals surface area contributed by atoms with E-state index < -0.39 is 15.8 Å². The van der Waals surface area contributed by atoms with E-state index in [1.54, 1.807) is 0 Å². The SMILES string of the molecule is O=C(OCCO)C1CCS(=O)(=O)CC1. The molecule has 0 amide bonds. The van der Waals surface area contributed by atoms with Crippen molar-refractivity contribution in [2.75, 3.05) is 24.7 Å². The minimum absolute atomic E-state index is 0.0118. The van der Waals surface area contributed by atoms with Crippen LogP contribution in [0.5, 0.6) is 0 Å². The summed E-state index contributed by atoms with van der Waals surface area (Å²) in [4.78, 5) is 11.2. The maximum Gasteiger partial charge on any atom is 0.309 e. The summed E-state index contributed by atoms with van der Waals surface area (Å²) in [6.45, 7) is -0.209. The second-order valence-corrected chi connectivity index (χ2v) is 5.62. The lowest BCUT2D eigenvalue weighted by molar-refractivity contribution is -0.149. The van der Waals surface area contributed by atoms with Gasteiger partial charge >= 0.3 is 5.97 Å². The molecule has 1 aliphatic rings. The number of hydrogen-bond donors (Lipinski definition) is 1. The Morgan fingerprint density at radius 1 is 1.36 bits per heavy atom. The number of aliphatic hydroxyl groups excluding tert-OH is 1. The van der Waals surface area contributed by atoms with Crippen molar-refractivity contribution in [2.24, 2.45) is 5.92 Å². The van der Waals surface area contributed by atoms with Crippen molar-refractivity contribution in [3.63, 3.8) is 0 Å². The highest BCUT2D eigenvalue weighted by molar-refractivity contribution is 7.91. The maximum atomic E-state index is 11.2. The molecule has 1 saturated heterocycles. The van der Waals surface area contributed by atoms with Crippen LogP contribution in [0.4, 0.5) is 0 Å². The summed E-state index contributed by atoms with van der Waals surface area (Å²) in [6, 6.07) is 0. The zero-order valence-corrected chi connectivity index (χ0v) is 8.62. The number of rotatable bonds is 3. The summed E-state index contributed by atoms with van der Waals surface area (Å²) < 4.78 is 26.8. The second kappa shape index (κ2) is 4.75. The molecule has 0 bridgehead atoms. The van der Waals surface area contributed by atoms with Crippen LogP contribution in [0.25, 0.3) is 0 Å². The van der Waals surface area contributed by atoms with Crippen molar-refractivity contribution in [1.82, 2.24) is 0 Å². The molecule has 0 saturated carbocycles. The Kier molecular flexibility index (Phi) is 3.88. The van der Waals surface area contributed by atoms with Gasteiger partial charge in [0.05, 0.1) is 24.0 Å². The molecule has 0 aromatic carbocycles. The van der Waals surface area contributed by atoms with E-state index in [1.807, 2.05) is 0 Å². The number of ether oxygens (including phenoxy) is 1. The molecule has 5 nitrogen and oxygen atoms in total. The van der Waals surface area contributed by atoms with E-state index in [2.05, 4.69) is 0 Å². The van der Waals surface area contributed by atoms with E-state index in [0.29, 0.717) is 12.8 Å². The maximum absolute atomic E-state index is 11.2. The Morgan fingerprint density at radius 3 is 2.43 bits per heavy atom. The van der Waals surface area contributed by atoms with Gasteiger partial charge in [-0.15, -0.1) is 0 Å². The molecule has 82 valence electrons. The van der Waals surface area contributed by atoms with Gasteiger partial charge in [-0.1, -0.05) is 0 Å². The molecule has 1 fully saturated rings. The van der Waals surface area contributed by atoms with Crippen molar-refractivity contribution >= 4 is 15.8 Å². The van der Waals surface area contributed by atoms with Crippen LogP contribution < -0.4 is 0 Å². The van der Waals surface area contributed by atoms with Crippen molar-refractivity contribution < 1.29 is 23.1 Å². The summed E-state index contributed by atoms with van der Waals surface area (Å²) >= 11 is 0. The average molecular weight is 222 g/mol. The first kappa shape index (κ1) is 11.5. The lowest BCUT2D eigenvalue weighted by Crippen LogP contribution is -2.29. The molecule has 0 radical (unpaired) electrons. The molecule has 0 aromatic heterocycles. The van der Waals surface area contributed by atoms with Crippen LogP contribution in [0.1, 0.15) is 12.8 Å². The number of esters is 1. The van der Waals surface area contributed by atoms with Gasteiger partial charge in [0.25, 0.3) is 0 Å². The van der Waals surface area contributed by atoms with Crippen molar-refractivity contribution in [2.45, 2.75) is 12.8 Å². The topological polar surface area (TPSA) is 80.7 Å². The lowest BCUT2D eigenvalue weighted by atomic mass is 10.0. The fourth-order valence-electron chi connectivity index (χ4n) is 1.39. The standard InChI is InChI=1S/C8H14O5S/c9-3-4-13-8(10)7-1-5-14(11,12)6-2-7/h7,9H,1-6H2. The smallest absolute Gasteiger partial charge is 0.309 e. The van der Waals surface area contributed by atoms with Gasteiger partial charge in [-0.05, 0) is 12.8 Å². The van der Waals surface area contributed by atoms with Gasteiger partial charge in [-0.2, -0.15) is 0 Å². The Hall–Kier alpha value is -0.620. The van der Waals surface area contributed by atoms with Crippen LogP contribution >= 0.6 is 0 Å². The number of aliphatic hydroxyl groups is 1. The molecular formula is C8H14O5S. The largest absolute Gasteiger partial charge is 0.463 e. The van der Waals surface area contributed by atoms with Gasteiger partial charge in [0.2, 0.25) is 0 Å². The van der Waals surface area contributed by atoms with Crippen molar-refractivity contribution in [3.8, 4) is 0 Å². The normalized spacial score (nSPS) is 21.8. The summed E-state index contributed by atoms with van der Waals surface area (Å²) in [6.07, 6.45) is 0.680. The summed E-state index contributed by atoms with van der Waals surface area (Å²) in [7, 11) is -2.93. The van der Waals surface area contributed by atoms with E-state index in [9.17, 15) is 13.2 Å². The summed E-state index contributed by atoms with van der Waals surface area (Å²) in [5.41, 5.74) is 0. The summed E-state index contributed by atoms with van der Waals surface area (Å²) in [5.74, 6) is -0.586. The summed E-state index contributed by atoms with van der Waals surface area (Å²) in [5, 5.41) is 8.42. The van der Waals surface area contributed by atoms with Crippen LogP contribution in [-0.4, -0.2) is 44.2 Å². The van der Waals surface area contributed by atoms with Gasteiger partial charge in [0.1, 0.15) is 16.4 Å².